The molecule has 15 heavy (non-hydrogen) atoms. The number of aromatic nitrogens is 1. The predicted molar refractivity (Wildman–Crippen MR) is 50.9 cm³/mol. The zero-order valence-electron chi connectivity index (χ0n) is 7.68. The lowest BCUT2D eigenvalue weighted by Gasteiger charge is -2.05. The fourth-order valence-electron chi connectivity index (χ4n) is 1.42. The van der Waals surface area contributed by atoms with Gasteiger partial charge in [0.15, 0.2) is 0 Å². The molecular formula is C9H9FN2O3. The second-order valence-corrected chi connectivity index (χ2v) is 3.38. The van der Waals surface area contributed by atoms with Crippen molar-refractivity contribution in [1.82, 2.24) is 4.57 Å². The van der Waals surface area contributed by atoms with E-state index in [1.54, 1.807) is 0 Å². The molecule has 0 aliphatic heterocycles. The number of pyridine rings is 1. The molecule has 1 amide bonds. The Kier molecular flexibility index (Phi) is 2.18. The normalized spacial score (nSPS) is 23.5. The Morgan fingerprint density at radius 2 is 2.33 bits per heavy atom. The van der Waals surface area contributed by atoms with Gasteiger partial charge in [-0.15, -0.1) is 0 Å². The Balaban J connectivity index is 2.33. The largest absolute Gasteiger partial charge is 0.465 e. The van der Waals surface area contributed by atoms with E-state index in [2.05, 4.69) is 0 Å². The molecule has 1 aliphatic rings. The maximum atomic E-state index is 12.7. The molecular weight excluding hydrogens is 203 g/mol. The van der Waals surface area contributed by atoms with Crippen LogP contribution in [0.25, 0.3) is 0 Å². The number of amides is 1. The van der Waals surface area contributed by atoms with Crippen molar-refractivity contribution in [2.75, 3.05) is 5.32 Å². The molecule has 1 aliphatic carbocycles. The summed E-state index contributed by atoms with van der Waals surface area (Å²) in [5, 5.41) is 10.4. The summed E-state index contributed by atoms with van der Waals surface area (Å²) in [6.07, 6.45) is -0.531. The van der Waals surface area contributed by atoms with E-state index in [4.69, 9.17) is 5.11 Å². The number of halogens is 1. The van der Waals surface area contributed by atoms with Gasteiger partial charge in [-0.2, -0.15) is 0 Å². The minimum atomic E-state index is -1.31. The Bertz CT molecular complexity index is 457. The summed E-state index contributed by atoms with van der Waals surface area (Å²) in [5.41, 5.74) is -0.561. The maximum Gasteiger partial charge on any atom is 0.409 e. The number of alkyl halides is 1. The first-order chi connectivity index (χ1) is 7.09. The Hall–Kier alpha value is -1.85. The first-order valence-electron chi connectivity index (χ1n) is 4.45. The molecule has 0 aromatic carbocycles. The monoisotopic (exact) mass is 212 g/mol. The van der Waals surface area contributed by atoms with Crippen LogP contribution in [0.3, 0.4) is 0 Å². The van der Waals surface area contributed by atoms with Gasteiger partial charge in [0.1, 0.15) is 11.9 Å². The van der Waals surface area contributed by atoms with Gasteiger partial charge in [0, 0.05) is 12.6 Å². The van der Waals surface area contributed by atoms with Crippen LogP contribution in [0.2, 0.25) is 0 Å². The molecule has 2 N–H and O–H groups in total. The fourth-order valence-corrected chi connectivity index (χ4v) is 1.42. The van der Waals surface area contributed by atoms with Crippen LogP contribution in [0, 0.1) is 0 Å². The fraction of sp³-hybridized carbons (Fsp3) is 0.333. The van der Waals surface area contributed by atoms with E-state index in [-0.39, 0.29) is 5.69 Å². The minimum absolute atomic E-state index is 0.0518. The van der Waals surface area contributed by atoms with Gasteiger partial charge >= 0.3 is 6.09 Å². The number of hydrogen-bond donors (Lipinski definition) is 2. The summed E-state index contributed by atoms with van der Waals surface area (Å²) >= 11 is 0. The van der Waals surface area contributed by atoms with E-state index in [9.17, 15) is 14.0 Å². The summed E-state index contributed by atoms with van der Waals surface area (Å²) < 4.78 is 14.0. The maximum absolute atomic E-state index is 12.7. The van der Waals surface area contributed by atoms with Crippen LogP contribution in [0.15, 0.2) is 23.1 Å². The van der Waals surface area contributed by atoms with E-state index in [1.807, 2.05) is 5.32 Å². The van der Waals surface area contributed by atoms with Crippen molar-refractivity contribution in [3.63, 3.8) is 0 Å². The van der Waals surface area contributed by atoms with E-state index >= 15 is 0 Å². The number of rotatable bonds is 2. The van der Waals surface area contributed by atoms with Crippen LogP contribution in [0.1, 0.15) is 12.5 Å². The third-order valence-electron chi connectivity index (χ3n) is 2.25. The van der Waals surface area contributed by atoms with E-state index in [0.29, 0.717) is 6.42 Å². The molecule has 1 fully saturated rings. The highest BCUT2D eigenvalue weighted by atomic mass is 19.1. The molecule has 2 atom stereocenters. The Morgan fingerprint density at radius 3 is 2.87 bits per heavy atom. The van der Waals surface area contributed by atoms with Crippen molar-refractivity contribution in [2.24, 2.45) is 0 Å². The molecule has 2 rings (SSSR count). The average molecular weight is 212 g/mol. The van der Waals surface area contributed by atoms with Gasteiger partial charge in [0.2, 0.25) is 0 Å². The third kappa shape index (κ3) is 1.83. The molecule has 0 unspecified atom stereocenters. The van der Waals surface area contributed by atoms with Gasteiger partial charge in [-0.25, -0.2) is 9.18 Å². The van der Waals surface area contributed by atoms with Gasteiger partial charge in [-0.3, -0.25) is 10.1 Å². The highest BCUT2D eigenvalue weighted by molar-refractivity contribution is 5.82. The molecule has 0 saturated heterocycles. The third-order valence-corrected chi connectivity index (χ3v) is 2.25. The lowest BCUT2D eigenvalue weighted by atomic mass is 10.4. The summed E-state index contributed by atoms with van der Waals surface area (Å²) in [4.78, 5) is 22.0. The number of nitrogens with one attached hydrogen (secondary N) is 1. The Labute approximate surface area is 84.1 Å². The first-order valence-corrected chi connectivity index (χ1v) is 4.45. The molecule has 6 heteroatoms. The van der Waals surface area contributed by atoms with Gasteiger partial charge in [-0.1, -0.05) is 0 Å². The standard InChI is InChI=1S/C9H9FN2O3/c10-5-4-7(5)12-3-1-2-6(8(12)13)11-9(14)15/h1-3,5,7,11H,4H2,(H,14,15)/t5-,7+/m1/s1. The van der Waals surface area contributed by atoms with Gasteiger partial charge in [0.05, 0.1) is 6.04 Å². The van der Waals surface area contributed by atoms with Crippen LogP contribution in [0.4, 0.5) is 14.9 Å². The smallest absolute Gasteiger partial charge is 0.409 e. The molecule has 1 aromatic heterocycles. The lowest BCUT2D eigenvalue weighted by Crippen LogP contribution is -2.24. The lowest BCUT2D eigenvalue weighted by molar-refractivity contribution is 0.209. The average Bonchev–Trinajstić information content (AvgIpc) is 2.86. The quantitative estimate of drug-likeness (QED) is 0.774. The second-order valence-electron chi connectivity index (χ2n) is 3.38. The minimum Gasteiger partial charge on any atom is -0.465 e. The highest BCUT2D eigenvalue weighted by Gasteiger charge is 2.39. The topological polar surface area (TPSA) is 71.3 Å². The van der Waals surface area contributed by atoms with Crippen LogP contribution in [-0.2, 0) is 0 Å². The van der Waals surface area contributed by atoms with Crippen molar-refractivity contribution in [3.05, 3.63) is 28.7 Å². The first kappa shape index (κ1) is 9.70. The molecule has 1 saturated carbocycles. The molecule has 5 nitrogen and oxygen atoms in total. The number of hydrogen-bond acceptors (Lipinski definition) is 2. The number of carboxylic acid groups (broad SMARTS) is 1. The van der Waals surface area contributed by atoms with Crippen molar-refractivity contribution < 1.29 is 14.3 Å². The zero-order chi connectivity index (χ0) is 11.0. The second kappa shape index (κ2) is 3.38. The molecule has 0 spiro atoms. The van der Waals surface area contributed by atoms with Crippen LogP contribution < -0.4 is 10.9 Å². The molecule has 0 radical (unpaired) electrons. The van der Waals surface area contributed by atoms with Crippen molar-refractivity contribution in [2.45, 2.75) is 18.6 Å². The molecule has 0 bridgehead atoms. The van der Waals surface area contributed by atoms with E-state index in [0.717, 1.165) is 0 Å². The predicted octanol–water partition coefficient (Wildman–Crippen LogP) is 1.22. The van der Waals surface area contributed by atoms with Crippen LogP contribution in [0.5, 0.6) is 0 Å². The molecule has 1 aromatic rings. The molecule has 1 heterocycles. The summed E-state index contributed by atoms with van der Waals surface area (Å²) in [5.74, 6) is 0. The van der Waals surface area contributed by atoms with Crippen molar-refractivity contribution in [1.29, 1.82) is 0 Å². The van der Waals surface area contributed by atoms with Gasteiger partial charge in [-0.05, 0) is 12.1 Å². The summed E-state index contributed by atoms with van der Waals surface area (Å²) in [6, 6.07) is 2.42. The van der Waals surface area contributed by atoms with Gasteiger partial charge in [0.25, 0.3) is 5.56 Å². The Morgan fingerprint density at radius 1 is 1.67 bits per heavy atom. The number of nitrogens with zero attached hydrogens (tertiary/aromatic N) is 1. The van der Waals surface area contributed by atoms with Crippen LogP contribution >= 0.6 is 0 Å². The number of anilines is 1. The SMILES string of the molecule is O=C(O)Nc1cccn([C@H]2C[C@H]2F)c1=O. The van der Waals surface area contributed by atoms with E-state index < -0.39 is 23.9 Å². The zero-order valence-corrected chi connectivity index (χ0v) is 7.68. The van der Waals surface area contributed by atoms with Crippen molar-refractivity contribution >= 4 is 11.8 Å². The summed E-state index contributed by atoms with van der Waals surface area (Å²) in [6.45, 7) is 0. The van der Waals surface area contributed by atoms with Crippen molar-refractivity contribution in [3.8, 4) is 0 Å². The van der Waals surface area contributed by atoms with Crippen LogP contribution in [-0.4, -0.2) is 21.9 Å². The number of carbonyl (C=O) groups is 1. The van der Waals surface area contributed by atoms with E-state index in [1.165, 1.54) is 22.9 Å². The highest BCUT2D eigenvalue weighted by Crippen LogP contribution is 2.37. The molecule has 80 valence electrons. The van der Waals surface area contributed by atoms with Gasteiger partial charge < -0.3 is 9.67 Å². The summed E-state index contributed by atoms with van der Waals surface area (Å²) in [7, 11) is 0.